The van der Waals surface area contributed by atoms with Crippen LogP contribution >= 0.6 is 15.9 Å². The molecule has 2 rings (SSSR count). The average Bonchev–Trinajstić information content (AvgIpc) is 2.72. The molecule has 0 aliphatic carbocycles. The summed E-state index contributed by atoms with van der Waals surface area (Å²) in [6.07, 6.45) is 0.339. The fraction of sp³-hybridized carbons (Fsp3) is 0.364. The van der Waals surface area contributed by atoms with Crippen molar-refractivity contribution in [2.45, 2.75) is 13.0 Å². The van der Waals surface area contributed by atoms with Crippen molar-refractivity contribution in [1.29, 1.82) is 0 Å². The first-order valence-corrected chi connectivity index (χ1v) is 6.03. The number of ether oxygens (including phenoxy) is 2. The number of carbonyl (C=O) groups is 1. The Morgan fingerprint density at radius 3 is 3.06 bits per heavy atom. The Morgan fingerprint density at radius 2 is 2.29 bits per heavy atom. The summed E-state index contributed by atoms with van der Waals surface area (Å²) in [6.45, 7) is 1.48. The van der Waals surface area contributed by atoms with Gasteiger partial charge >= 0.3 is 0 Å². The van der Waals surface area contributed by atoms with Gasteiger partial charge in [0.2, 0.25) is 12.7 Å². The van der Waals surface area contributed by atoms with E-state index in [2.05, 4.69) is 21.2 Å². The summed E-state index contributed by atoms with van der Waals surface area (Å²) in [7, 11) is 0. The van der Waals surface area contributed by atoms with E-state index in [9.17, 15) is 4.79 Å². The fourth-order valence-corrected chi connectivity index (χ4v) is 2.17. The first-order valence-electron chi connectivity index (χ1n) is 5.24. The van der Waals surface area contributed by atoms with E-state index in [1.165, 1.54) is 0 Å². The van der Waals surface area contributed by atoms with Gasteiger partial charge in [-0.1, -0.05) is 0 Å². The molecular formula is C11H13BrN2O3. The van der Waals surface area contributed by atoms with E-state index in [0.717, 1.165) is 21.5 Å². The second-order valence-corrected chi connectivity index (χ2v) is 4.56. The van der Waals surface area contributed by atoms with Crippen molar-refractivity contribution >= 4 is 21.8 Å². The van der Waals surface area contributed by atoms with Crippen molar-refractivity contribution < 1.29 is 14.3 Å². The van der Waals surface area contributed by atoms with E-state index in [0.29, 0.717) is 19.5 Å². The predicted octanol–water partition coefficient (Wildman–Crippen LogP) is 1.14. The molecule has 1 heterocycles. The smallest absolute Gasteiger partial charge is 0.231 e. The molecular weight excluding hydrogens is 288 g/mol. The van der Waals surface area contributed by atoms with Gasteiger partial charge in [-0.05, 0) is 33.6 Å². The molecule has 1 aromatic carbocycles. The number of nitrogens with one attached hydrogen (secondary N) is 1. The molecule has 0 radical (unpaired) electrons. The molecule has 1 aliphatic rings. The molecule has 92 valence electrons. The predicted molar refractivity (Wildman–Crippen MR) is 65.8 cm³/mol. The van der Waals surface area contributed by atoms with Crippen LogP contribution in [0, 0.1) is 0 Å². The molecule has 6 heteroatoms. The molecule has 0 spiro atoms. The first kappa shape index (κ1) is 12.2. The molecule has 0 aromatic heterocycles. The van der Waals surface area contributed by atoms with Gasteiger partial charge in [-0.15, -0.1) is 0 Å². The van der Waals surface area contributed by atoms with Crippen LogP contribution in [0.15, 0.2) is 16.6 Å². The van der Waals surface area contributed by atoms with Gasteiger partial charge in [0.1, 0.15) is 0 Å². The van der Waals surface area contributed by atoms with Crippen molar-refractivity contribution in [3.8, 4) is 11.5 Å². The SMILES string of the molecule is NC(=O)CCNCc1cc(Br)c2c(c1)OCO2. The van der Waals surface area contributed by atoms with E-state index in [1.54, 1.807) is 0 Å². The van der Waals surface area contributed by atoms with Gasteiger partial charge in [-0.2, -0.15) is 0 Å². The van der Waals surface area contributed by atoms with Gasteiger partial charge in [0.15, 0.2) is 11.5 Å². The first-order chi connectivity index (χ1) is 8.16. The summed E-state index contributed by atoms with van der Waals surface area (Å²) in [4.78, 5) is 10.6. The number of carbonyl (C=O) groups excluding carboxylic acids is 1. The largest absolute Gasteiger partial charge is 0.454 e. The summed E-state index contributed by atoms with van der Waals surface area (Å²) in [5.74, 6) is 1.18. The summed E-state index contributed by atoms with van der Waals surface area (Å²) >= 11 is 3.42. The van der Waals surface area contributed by atoms with Crippen LogP contribution in [0.5, 0.6) is 11.5 Å². The van der Waals surface area contributed by atoms with Gasteiger partial charge in [0.25, 0.3) is 0 Å². The molecule has 3 N–H and O–H groups in total. The van der Waals surface area contributed by atoms with Crippen LogP contribution in [0.25, 0.3) is 0 Å². The highest BCUT2D eigenvalue weighted by Crippen LogP contribution is 2.39. The normalized spacial score (nSPS) is 12.8. The fourth-order valence-electron chi connectivity index (χ4n) is 1.57. The van der Waals surface area contributed by atoms with Crippen LogP contribution in [-0.4, -0.2) is 19.2 Å². The summed E-state index contributed by atoms with van der Waals surface area (Å²) < 4.78 is 11.5. The van der Waals surface area contributed by atoms with E-state index in [4.69, 9.17) is 15.2 Å². The number of hydrogen-bond acceptors (Lipinski definition) is 4. The zero-order valence-corrected chi connectivity index (χ0v) is 10.7. The van der Waals surface area contributed by atoms with Crippen molar-refractivity contribution in [3.63, 3.8) is 0 Å². The lowest BCUT2D eigenvalue weighted by Gasteiger charge is -2.06. The molecule has 0 bridgehead atoms. The monoisotopic (exact) mass is 300 g/mol. The zero-order valence-electron chi connectivity index (χ0n) is 9.16. The lowest BCUT2D eigenvalue weighted by molar-refractivity contribution is -0.117. The second kappa shape index (κ2) is 5.37. The van der Waals surface area contributed by atoms with Gasteiger partial charge < -0.3 is 20.5 Å². The van der Waals surface area contributed by atoms with Crippen molar-refractivity contribution in [2.24, 2.45) is 5.73 Å². The molecule has 0 saturated heterocycles. The number of rotatable bonds is 5. The van der Waals surface area contributed by atoms with E-state index in [1.807, 2.05) is 12.1 Å². The Morgan fingerprint density at radius 1 is 1.47 bits per heavy atom. The molecule has 17 heavy (non-hydrogen) atoms. The number of amides is 1. The second-order valence-electron chi connectivity index (χ2n) is 3.70. The van der Waals surface area contributed by atoms with Crippen LogP contribution in [0.4, 0.5) is 0 Å². The van der Waals surface area contributed by atoms with E-state index >= 15 is 0 Å². The maximum absolute atomic E-state index is 10.6. The maximum Gasteiger partial charge on any atom is 0.231 e. The molecule has 0 atom stereocenters. The van der Waals surface area contributed by atoms with Gasteiger partial charge in [0.05, 0.1) is 4.47 Å². The van der Waals surface area contributed by atoms with Gasteiger partial charge in [-0.3, -0.25) is 4.79 Å². The standard InChI is InChI=1S/C11H13BrN2O3/c12-8-3-7(5-14-2-1-10(13)15)4-9-11(8)17-6-16-9/h3-4,14H,1-2,5-6H2,(H2,13,15). The van der Waals surface area contributed by atoms with Crippen molar-refractivity contribution in [3.05, 3.63) is 22.2 Å². The minimum absolute atomic E-state index is 0.256. The number of nitrogens with two attached hydrogens (primary N) is 1. The lowest BCUT2D eigenvalue weighted by Crippen LogP contribution is -2.21. The summed E-state index contributed by atoms with van der Waals surface area (Å²) in [6, 6.07) is 3.88. The minimum Gasteiger partial charge on any atom is -0.454 e. The molecule has 1 aromatic rings. The van der Waals surface area contributed by atoms with Crippen LogP contribution in [0.2, 0.25) is 0 Å². The number of halogens is 1. The van der Waals surface area contributed by atoms with E-state index in [-0.39, 0.29) is 12.7 Å². The third-order valence-corrected chi connectivity index (χ3v) is 2.95. The average molecular weight is 301 g/mol. The molecule has 0 unspecified atom stereocenters. The molecule has 5 nitrogen and oxygen atoms in total. The third kappa shape index (κ3) is 3.10. The highest BCUT2D eigenvalue weighted by molar-refractivity contribution is 9.10. The van der Waals surface area contributed by atoms with Crippen LogP contribution in [-0.2, 0) is 11.3 Å². The summed E-state index contributed by atoms with van der Waals surface area (Å²) in [5.41, 5.74) is 6.11. The Balaban J connectivity index is 1.93. The Bertz CT molecular complexity index is 437. The van der Waals surface area contributed by atoms with Crippen molar-refractivity contribution in [1.82, 2.24) is 5.32 Å². The summed E-state index contributed by atoms with van der Waals surface area (Å²) in [5, 5.41) is 3.13. The number of primary amides is 1. The van der Waals surface area contributed by atoms with Crippen molar-refractivity contribution in [2.75, 3.05) is 13.3 Å². The van der Waals surface area contributed by atoms with Gasteiger partial charge in [-0.25, -0.2) is 0 Å². The minimum atomic E-state index is -0.302. The van der Waals surface area contributed by atoms with E-state index < -0.39 is 0 Å². The molecule has 1 amide bonds. The topological polar surface area (TPSA) is 73.6 Å². The third-order valence-electron chi connectivity index (χ3n) is 2.36. The van der Waals surface area contributed by atoms with Crippen LogP contribution < -0.4 is 20.5 Å². The van der Waals surface area contributed by atoms with Crippen LogP contribution in [0.3, 0.4) is 0 Å². The highest BCUT2D eigenvalue weighted by Gasteiger charge is 2.17. The van der Waals surface area contributed by atoms with Crippen LogP contribution in [0.1, 0.15) is 12.0 Å². The molecule has 0 saturated carbocycles. The Kier molecular flexibility index (Phi) is 3.86. The zero-order chi connectivity index (χ0) is 12.3. The highest BCUT2D eigenvalue weighted by atomic mass is 79.9. The Hall–Kier alpha value is -1.27. The molecule has 1 aliphatic heterocycles. The lowest BCUT2D eigenvalue weighted by atomic mass is 10.2. The molecule has 0 fully saturated rings. The number of fused-ring (bicyclic) bond motifs is 1. The Labute approximate surface area is 107 Å². The van der Waals surface area contributed by atoms with Gasteiger partial charge in [0, 0.05) is 19.5 Å². The number of hydrogen-bond donors (Lipinski definition) is 2. The maximum atomic E-state index is 10.6. The number of benzene rings is 1. The quantitative estimate of drug-likeness (QED) is 0.800.